The van der Waals surface area contributed by atoms with E-state index in [0.717, 1.165) is 18.7 Å². The minimum atomic E-state index is 0.649. The zero-order valence-electron chi connectivity index (χ0n) is 11.7. The van der Waals surface area contributed by atoms with E-state index in [-0.39, 0.29) is 0 Å². The lowest BCUT2D eigenvalue weighted by molar-refractivity contribution is 0.803. The van der Waals surface area contributed by atoms with Crippen LogP contribution in [0.25, 0.3) is 0 Å². The number of aromatic amines is 1. The van der Waals surface area contributed by atoms with Crippen LogP contribution in [0.4, 0.5) is 5.69 Å². The number of para-hydroxylation sites is 1. The van der Waals surface area contributed by atoms with E-state index in [0.29, 0.717) is 11.3 Å². The number of benzene rings is 1. The summed E-state index contributed by atoms with van der Waals surface area (Å²) < 4.78 is 2.54. The summed E-state index contributed by atoms with van der Waals surface area (Å²) in [5.41, 5.74) is 3.92. The smallest absolute Gasteiger partial charge is 0.194 e. The van der Waals surface area contributed by atoms with Crippen molar-refractivity contribution in [2.75, 3.05) is 5.32 Å². The van der Waals surface area contributed by atoms with Crippen LogP contribution in [0.15, 0.2) is 18.2 Å². The number of aryl methyl sites for hydroxylation is 2. The zero-order valence-corrected chi connectivity index (χ0v) is 12.5. The van der Waals surface area contributed by atoms with E-state index in [4.69, 9.17) is 12.2 Å². The Morgan fingerprint density at radius 1 is 1.26 bits per heavy atom. The van der Waals surface area contributed by atoms with Crippen LogP contribution in [-0.4, -0.2) is 14.8 Å². The summed E-state index contributed by atoms with van der Waals surface area (Å²) in [4.78, 5) is 0. The highest BCUT2D eigenvalue weighted by Gasteiger charge is 2.07. The van der Waals surface area contributed by atoms with Gasteiger partial charge in [0.05, 0.1) is 6.54 Å². The molecule has 0 saturated carbocycles. The Morgan fingerprint density at radius 2 is 1.89 bits per heavy atom. The highest BCUT2D eigenvalue weighted by atomic mass is 32.1. The van der Waals surface area contributed by atoms with Gasteiger partial charge in [-0.05, 0) is 36.2 Å². The van der Waals surface area contributed by atoms with Crippen LogP contribution >= 0.6 is 12.2 Å². The summed E-state index contributed by atoms with van der Waals surface area (Å²) in [6.07, 6.45) is 2.05. The third-order valence-corrected chi connectivity index (χ3v) is 3.76. The topological polar surface area (TPSA) is 45.6 Å². The van der Waals surface area contributed by atoms with Gasteiger partial charge in [-0.25, -0.2) is 0 Å². The van der Waals surface area contributed by atoms with Crippen LogP contribution in [0.5, 0.6) is 0 Å². The maximum absolute atomic E-state index is 5.12. The Balaban J connectivity index is 2.23. The lowest BCUT2D eigenvalue weighted by Crippen LogP contribution is -2.09. The molecular formula is C14H20N4S. The summed E-state index contributed by atoms with van der Waals surface area (Å²) in [6.45, 7) is 5.03. The number of anilines is 1. The molecule has 0 spiro atoms. The molecule has 2 rings (SSSR count). The van der Waals surface area contributed by atoms with Crippen LogP contribution in [0.1, 0.15) is 30.8 Å². The molecule has 0 saturated heterocycles. The standard InChI is InChI=1S/C14H20N4S/c1-4-10-7-6-8-11(5-2)13(10)15-9-12-16-17-14(19)18(12)3/h6-8,15H,4-5,9H2,1-3H3,(H,17,19). The molecule has 4 nitrogen and oxygen atoms in total. The van der Waals surface area contributed by atoms with Crippen molar-refractivity contribution in [1.29, 1.82) is 0 Å². The molecule has 0 fully saturated rings. The lowest BCUT2D eigenvalue weighted by atomic mass is 10.0. The molecule has 0 aliphatic carbocycles. The first-order chi connectivity index (χ1) is 9.17. The van der Waals surface area contributed by atoms with Gasteiger partial charge in [0.15, 0.2) is 10.6 Å². The van der Waals surface area contributed by atoms with Gasteiger partial charge in [0, 0.05) is 12.7 Å². The van der Waals surface area contributed by atoms with Crippen molar-refractivity contribution in [3.63, 3.8) is 0 Å². The SMILES string of the molecule is CCc1cccc(CC)c1NCc1n[nH]c(=S)n1C. The van der Waals surface area contributed by atoms with Gasteiger partial charge in [0.25, 0.3) is 0 Å². The van der Waals surface area contributed by atoms with Crippen molar-refractivity contribution < 1.29 is 0 Å². The Kier molecular flexibility index (Phi) is 4.37. The van der Waals surface area contributed by atoms with Gasteiger partial charge in [-0.1, -0.05) is 32.0 Å². The molecule has 0 amide bonds. The van der Waals surface area contributed by atoms with Crippen molar-refractivity contribution in [1.82, 2.24) is 14.8 Å². The molecule has 1 aromatic heterocycles. The fourth-order valence-electron chi connectivity index (χ4n) is 2.17. The normalized spacial score (nSPS) is 10.7. The van der Waals surface area contributed by atoms with Gasteiger partial charge in [-0.15, -0.1) is 0 Å². The molecule has 0 atom stereocenters. The third kappa shape index (κ3) is 2.87. The predicted molar refractivity (Wildman–Crippen MR) is 80.9 cm³/mol. The van der Waals surface area contributed by atoms with Crippen LogP contribution in [-0.2, 0) is 26.4 Å². The zero-order chi connectivity index (χ0) is 13.8. The van der Waals surface area contributed by atoms with Gasteiger partial charge < -0.3 is 9.88 Å². The average Bonchev–Trinajstić information content (AvgIpc) is 2.76. The number of H-pyrrole nitrogens is 1. The van der Waals surface area contributed by atoms with Crippen molar-refractivity contribution >= 4 is 17.9 Å². The molecule has 0 unspecified atom stereocenters. The summed E-state index contributed by atoms with van der Waals surface area (Å²) in [5, 5.41) is 10.5. The van der Waals surface area contributed by atoms with Crippen LogP contribution in [0.3, 0.4) is 0 Å². The largest absolute Gasteiger partial charge is 0.377 e. The third-order valence-electron chi connectivity index (χ3n) is 3.39. The molecule has 0 bridgehead atoms. The fraction of sp³-hybridized carbons (Fsp3) is 0.429. The fourth-order valence-corrected chi connectivity index (χ4v) is 2.33. The van der Waals surface area contributed by atoms with Gasteiger partial charge in [0.2, 0.25) is 0 Å². The van der Waals surface area contributed by atoms with Gasteiger partial charge in [-0.2, -0.15) is 5.10 Å². The van der Waals surface area contributed by atoms with E-state index in [1.807, 2.05) is 11.6 Å². The molecule has 2 N–H and O–H groups in total. The number of hydrogen-bond donors (Lipinski definition) is 2. The van der Waals surface area contributed by atoms with E-state index in [1.165, 1.54) is 16.8 Å². The first-order valence-electron chi connectivity index (χ1n) is 6.62. The van der Waals surface area contributed by atoms with E-state index in [2.05, 4.69) is 47.6 Å². The summed E-state index contributed by atoms with van der Waals surface area (Å²) >= 11 is 5.12. The van der Waals surface area contributed by atoms with E-state index in [1.54, 1.807) is 0 Å². The van der Waals surface area contributed by atoms with E-state index >= 15 is 0 Å². The minimum Gasteiger partial charge on any atom is -0.377 e. The highest BCUT2D eigenvalue weighted by molar-refractivity contribution is 7.71. The molecule has 1 heterocycles. The van der Waals surface area contributed by atoms with Crippen molar-refractivity contribution in [3.05, 3.63) is 39.9 Å². The maximum atomic E-state index is 5.12. The summed E-state index contributed by atoms with van der Waals surface area (Å²) in [7, 11) is 1.93. The number of hydrogen-bond acceptors (Lipinski definition) is 3. The number of aromatic nitrogens is 3. The first-order valence-corrected chi connectivity index (χ1v) is 7.03. The monoisotopic (exact) mass is 276 g/mol. The van der Waals surface area contributed by atoms with Crippen molar-refractivity contribution in [3.8, 4) is 0 Å². The van der Waals surface area contributed by atoms with Gasteiger partial charge in [-0.3, -0.25) is 5.10 Å². The molecule has 0 aliphatic heterocycles. The Labute approximate surface area is 118 Å². The molecule has 0 radical (unpaired) electrons. The number of nitrogens with one attached hydrogen (secondary N) is 2. The summed E-state index contributed by atoms with van der Waals surface area (Å²) in [6, 6.07) is 6.47. The van der Waals surface area contributed by atoms with Gasteiger partial charge in [0.1, 0.15) is 0 Å². The molecular weight excluding hydrogens is 256 g/mol. The molecule has 5 heteroatoms. The van der Waals surface area contributed by atoms with Crippen molar-refractivity contribution in [2.24, 2.45) is 7.05 Å². The van der Waals surface area contributed by atoms with Crippen LogP contribution < -0.4 is 5.32 Å². The molecule has 1 aromatic carbocycles. The molecule has 102 valence electrons. The van der Waals surface area contributed by atoms with Crippen LogP contribution in [0, 0.1) is 4.77 Å². The van der Waals surface area contributed by atoms with E-state index in [9.17, 15) is 0 Å². The van der Waals surface area contributed by atoms with E-state index < -0.39 is 0 Å². The van der Waals surface area contributed by atoms with Gasteiger partial charge >= 0.3 is 0 Å². The van der Waals surface area contributed by atoms with Crippen LogP contribution in [0.2, 0.25) is 0 Å². The Bertz CT molecular complexity index is 590. The first kappa shape index (κ1) is 13.8. The summed E-state index contributed by atoms with van der Waals surface area (Å²) in [5.74, 6) is 0.915. The minimum absolute atomic E-state index is 0.649. The number of rotatable bonds is 5. The second-order valence-corrected chi connectivity index (χ2v) is 4.90. The maximum Gasteiger partial charge on any atom is 0.194 e. The Morgan fingerprint density at radius 3 is 2.37 bits per heavy atom. The second kappa shape index (κ2) is 6.02. The lowest BCUT2D eigenvalue weighted by Gasteiger charge is -2.15. The molecule has 0 aliphatic rings. The average molecular weight is 276 g/mol. The highest BCUT2D eigenvalue weighted by Crippen LogP contribution is 2.23. The number of nitrogens with zero attached hydrogens (tertiary/aromatic N) is 2. The molecule has 2 aromatic rings. The predicted octanol–water partition coefficient (Wildman–Crippen LogP) is 3.21. The van der Waals surface area contributed by atoms with Crippen molar-refractivity contribution in [2.45, 2.75) is 33.2 Å². The molecule has 19 heavy (non-hydrogen) atoms. The quantitative estimate of drug-likeness (QED) is 0.824. The second-order valence-electron chi connectivity index (χ2n) is 4.52. The Hall–Kier alpha value is -1.62.